The van der Waals surface area contributed by atoms with Crippen LogP contribution in [0.15, 0.2) is 40.8 Å². The molecule has 1 atom stereocenters. The zero-order chi connectivity index (χ0) is 13.7. The number of hydrogen-bond donors (Lipinski definition) is 1. The fraction of sp³-hybridized carbons (Fsp3) is 0.412. The molecule has 0 fully saturated rings. The van der Waals surface area contributed by atoms with E-state index in [1.165, 1.54) is 11.1 Å². The molecule has 0 aliphatic rings. The first-order valence-electron chi connectivity index (χ1n) is 7.14. The first-order chi connectivity index (χ1) is 9.22. The predicted octanol–water partition coefficient (Wildman–Crippen LogP) is 4.05. The third kappa shape index (κ3) is 3.71. The average Bonchev–Trinajstić information content (AvgIpc) is 2.87. The van der Waals surface area contributed by atoms with Crippen LogP contribution >= 0.6 is 0 Å². The summed E-state index contributed by atoms with van der Waals surface area (Å²) in [5.74, 6) is 2.01. The summed E-state index contributed by atoms with van der Waals surface area (Å²) in [6, 6.07) is 13.2. The smallest absolute Gasteiger partial charge is 0.134 e. The molecule has 1 aromatic heterocycles. The molecule has 1 N–H and O–H groups in total. The van der Waals surface area contributed by atoms with E-state index in [2.05, 4.69) is 62.5 Å². The van der Waals surface area contributed by atoms with Gasteiger partial charge in [0.1, 0.15) is 11.5 Å². The van der Waals surface area contributed by atoms with Crippen molar-refractivity contribution in [1.82, 2.24) is 5.32 Å². The van der Waals surface area contributed by atoms with E-state index in [0.717, 1.165) is 30.9 Å². The molecule has 2 aromatic rings. The van der Waals surface area contributed by atoms with E-state index < -0.39 is 0 Å². The number of aryl methyl sites for hydroxylation is 1. The van der Waals surface area contributed by atoms with Gasteiger partial charge in [0.05, 0.1) is 0 Å². The molecule has 0 amide bonds. The van der Waals surface area contributed by atoms with Crippen LogP contribution in [-0.2, 0) is 12.8 Å². The van der Waals surface area contributed by atoms with Gasteiger partial charge in [0.25, 0.3) is 0 Å². The Balaban J connectivity index is 2.11. The first kappa shape index (κ1) is 13.9. The Morgan fingerprint density at radius 1 is 1.16 bits per heavy atom. The number of likely N-dealkylation sites (N-methyl/N-ethyl adjacent to an activating group) is 1. The minimum absolute atomic E-state index is 0.450. The van der Waals surface area contributed by atoms with Gasteiger partial charge in [-0.05, 0) is 43.7 Å². The Morgan fingerprint density at radius 3 is 2.74 bits per heavy atom. The van der Waals surface area contributed by atoms with Crippen LogP contribution in [0.2, 0.25) is 0 Å². The summed E-state index contributed by atoms with van der Waals surface area (Å²) in [5.41, 5.74) is 2.51. The lowest BCUT2D eigenvalue weighted by molar-refractivity contribution is 0.470. The minimum atomic E-state index is 0.450. The predicted molar refractivity (Wildman–Crippen MR) is 80.4 cm³/mol. The third-order valence-electron chi connectivity index (χ3n) is 3.34. The van der Waals surface area contributed by atoms with Gasteiger partial charge in [0.15, 0.2) is 0 Å². The lowest BCUT2D eigenvalue weighted by Crippen LogP contribution is -2.27. The molecular weight excluding hydrogens is 234 g/mol. The molecule has 0 aliphatic heterocycles. The third-order valence-corrected chi connectivity index (χ3v) is 3.34. The molecule has 0 saturated carbocycles. The van der Waals surface area contributed by atoms with Crippen molar-refractivity contribution in [3.05, 3.63) is 47.7 Å². The average molecular weight is 257 g/mol. The van der Waals surface area contributed by atoms with Gasteiger partial charge < -0.3 is 9.73 Å². The maximum Gasteiger partial charge on any atom is 0.134 e. The molecule has 2 nitrogen and oxygen atoms in total. The quantitative estimate of drug-likeness (QED) is 0.844. The second-order valence-corrected chi connectivity index (χ2v) is 4.98. The number of furan rings is 1. The molecular formula is C17H23NO. The fourth-order valence-electron chi connectivity index (χ4n) is 2.31. The molecule has 19 heavy (non-hydrogen) atoms. The maximum atomic E-state index is 5.95. The van der Waals surface area contributed by atoms with Crippen LogP contribution in [0.1, 0.15) is 32.1 Å². The molecule has 2 rings (SSSR count). The van der Waals surface area contributed by atoms with Gasteiger partial charge in [0, 0.05) is 18.0 Å². The number of nitrogens with one attached hydrogen (secondary N) is 1. The largest absolute Gasteiger partial charge is 0.461 e. The highest BCUT2D eigenvalue weighted by Gasteiger charge is 2.08. The molecule has 1 unspecified atom stereocenters. The number of hydrogen-bond acceptors (Lipinski definition) is 2. The molecule has 0 bridgehead atoms. The van der Waals surface area contributed by atoms with Crippen molar-refractivity contribution in [2.24, 2.45) is 0 Å². The highest BCUT2D eigenvalue weighted by atomic mass is 16.3. The lowest BCUT2D eigenvalue weighted by atomic mass is 10.1. The monoisotopic (exact) mass is 257 g/mol. The molecule has 0 saturated heterocycles. The summed E-state index contributed by atoms with van der Waals surface area (Å²) in [6.45, 7) is 7.47. The van der Waals surface area contributed by atoms with Crippen molar-refractivity contribution < 1.29 is 4.42 Å². The van der Waals surface area contributed by atoms with Crippen molar-refractivity contribution in [2.75, 3.05) is 6.54 Å². The molecule has 0 aliphatic carbocycles. The van der Waals surface area contributed by atoms with Crippen LogP contribution in [0, 0.1) is 0 Å². The van der Waals surface area contributed by atoms with Crippen LogP contribution in [0.25, 0.3) is 11.3 Å². The van der Waals surface area contributed by atoms with Gasteiger partial charge in [-0.15, -0.1) is 0 Å². The Labute approximate surface area is 115 Å². The minimum Gasteiger partial charge on any atom is -0.461 e. The summed E-state index contributed by atoms with van der Waals surface area (Å²) in [4.78, 5) is 0. The van der Waals surface area contributed by atoms with Crippen LogP contribution in [-0.4, -0.2) is 12.6 Å². The van der Waals surface area contributed by atoms with E-state index in [1.807, 2.05) is 0 Å². The topological polar surface area (TPSA) is 25.2 Å². The van der Waals surface area contributed by atoms with Gasteiger partial charge in [-0.2, -0.15) is 0 Å². The van der Waals surface area contributed by atoms with E-state index in [-0.39, 0.29) is 0 Å². The maximum absolute atomic E-state index is 5.95. The van der Waals surface area contributed by atoms with Crippen LogP contribution in [0.3, 0.4) is 0 Å². The van der Waals surface area contributed by atoms with E-state index in [9.17, 15) is 0 Å². The molecule has 1 aromatic carbocycles. The highest BCUT2D eigenvalue weighted by Crippen LogP contribution is 2.23. The van der Waals surface area contributed by atoms with E-state index >= 15 is 0 Å². The van der Waals surface area contributed by atoms with E-state index in [4.69, 9.17) is 4.42 Å². The Hall–Kier alpha value is -1.54. The normalized spacial score (nSPS) is 12.6. The zero-order valence-corrected chi connectivity index (χ0v) is 12.1. The van der Waals surface area contributed by atoms with Crippen molar-refractivity contribution in [2.45, 2.75) is 39.7 Å². The zero-order valence-electron chi connectivity index (χ0n) is 12.1. The van der Waals surface area contributed by atoms with Gasteiger partial charge in [0.2, 0.25) is 0 Å². The Morgan fingerprint density at radius 2 is 2.00 bits per heavy atom. The summed E-state index contributed by atoms with van der Waals surface area (Å²) in [7, 11) is 0. The Bertz CT molecular complexity index is 515. The van der Waals surface area contributed by atoms with E-state index in [1.54, 1.807) is 0 Å². The molecule has 102 valence electrons. The number of rotatable bonds is 6. The first-order valence-corrected chi connectivity index (χ1v) is 7.14. The standard InChI is InChI=1S/C17H23NO/c1-4-14-7-6-8-15(12-14)17-10-9-16(19-17)11-13(3)18-5-2/h6-10,12-13,18H,4-5,11H2,1-3H3. The van der Waals surface area contributed by atoms with Crippen molar-refractivity contribution >= 4 is 0 Å². The van der Waals surface area contributed by atoms with Gasteiger partial charge in [-0.25, -0.2) is 0 Å². The summed E-state index contributed by atoms with van der Waals surface area (Å²) in [6.07, 6.45) is 1.99. The second-order valence-electron chi connectivity index (χ2n) is 4.98. The number of benzene rings is 1. The van der Waals surface area contributed by atoms with Crippen molar-refractivity contribution in [3.63, 3.8) is 0 Å². The molecule has 0 spiro atoms. The summed E-state index contributed by atoms with van der Waals surface area (Å²) >= 11 is 0. The molecule has 1 heterocycles. The lowest BCUT2D eigenvalue weighted by Gasteiger charge is -2.09. The van der Waals surface area contributed by atoms with Crippen LogP contribution in [0.5, 0.6) is 0 Å². The second kappa shape index (κ2) is 6.58. The molecule has 2 heteroatoms. The summed E-state index contributed by atoms with van der Waals surface area (Å²) < 4.78 is 5.95. The van der Waals surface area contributed by atoms with Crippen LogP contribution in [0.4, 0.5) is 0 Å². The van der Waals surface area contributed by atoms with E-state index in [0.29, 0.717) is 6.04 Å². The fourth-order valence-corrected chi connectivity index (χ4v) is 2.31. The highest BCUT2D eigenvalue weighted by molar-refractivity contribution is 5.58. The van der Waals surface area contributed by atoms with Crippen LogP contribution < -0.4 is 5.32 Å². The van der Waals surface area contributed by atoms with Gasteiger partial charge in [-0.1, -0.05) is 32.0 Å². The van der Waals surface area contributed by atoms with Gasteiger partial charge >= 0.3 is 0 Å². The SMILES string of the molecule is CCNC(C)Cc1ccc(-c2cccc(CC)c2)o1. The van der Waals surface area contributed by atoms with Crippen molar-refractivity contribution in [3.8, 4) is 11.3 Å². The van der Waals surface area contributed by atoms with Gasteiger partial charge in [-0.3, -0.25) is 0 Å². The summed E-state index contributed by atoms with van der Waals surface area (Å²) in [5, 5.41) is 3.40. The van der Waals surface area contributed by atoms with Crippen molar-refractivity contribution in [1.29, 1.82) is 0 Å². The molecule has 0 radical (unpaired) electrons. The Kier molecular flexibility index (Phi) is 4.80.